The van der Waals surface area contributed by atoms with Crippen LogP contribution in [0.2, 0.25) is 0 Å². The summed E-state index contributed by atoms with van der Waals surface area (Å²) in [5.74, 6) is 0.989. The van der Waals surface area contributed by atoms with E-state index in [1.165, 1.54) is 32.1 Å². The average Bonchev–Trinajstić information content (AvgIpc) is 2.75. The maximum Gasteiger partial charge on any atom is 0.0585 e. The first-order valence-corrected chi connectivity index (χ1v) is 4.82. The molecule has 2 aliphatic rings. The van der Waals surface area contributed by atoms with Crippen molar-refractivity contribution in [3.8, 4) is 0 Å². The molecule has 2 unspecified atom stereocenters. The van der Waals surface area contributed by atoms with Crippen LogP contribution in [0.3, 0.4) is 0 Å². The Kier molecular flexibility index (Phi) is 1.82. The number of aliphatic imine (C=N–C) groups is 1. The van der Waals surface area contributed by atoms with Crippen LogP contribution in [0.5, 0.6) is 0 Å². The maximum atomic E-state index is 4.57. The van der Waals surface area contributed by atoms with Crippen LogP contribution in [0.25, 0.3) is 0 Å². The van der Waals surface area contributed by atoms with Crippen molar-refractivity contribution >= 4 is 17.4 Å². The number of thiocarbonyl (C=S) groups is 1. The molecule has 0 aromatic rings. The van der Waals surface area contributed by atoms with Gasteiger partial charge in [-0.15, -0.1) is 0 Å². The molecule has 2 saturated carbocycles. The van der Waals surface area contributed by atoms with Gasteiger partial charge in [-0.2, -0.15) is 0 Å². The van der Waals surface area contributed by atoms with Crippen molar-refractivity contribution in [3.63, 3.8) is 0 Å². The summed E-state index contributed by atoms with van der Waals surface area (Å²) in [6, 6.07) is 0. The van der Waals surface area contributed by atoms with Gasteiger partial charge in [-0.3, -0.25) is 0 Å². The fraction of sp³-hybridized carbons (Fsp3) is 0.889. The van der Waals surface area contributed by atoms with Gasteiger partial charge in [0.2, 0.25) is 0 Å². The topological polar surface area (TPSA) is 12.4 Å². The zero-order chi connectivity index (χ0) is 7.73. The quantitative estimate of drug-likeness (QED) is 0.455. The Bertz CT molecular complexity index is 208. The molecule has 1 nitrogen and oxygen atoms in total. The Hall–Kier alpha value is -0.200. The van der Waals surface area contributed by atoms with Gasteiger partial charge >= 0.3 is 0 Å². The van der Waals surface area contributed by atoms with Gasteiger partial charge in [0.15, 0.2) is 0 Å². The third-order valence-corrected chi connectivity index (χ3v) is 3.42. The summed E-state index contributed by atoms with van der Waals surface area (Å²) in [5.41, 5.74) is 0.601. The van der Waals surface area contributed by atoms with Gasteiger partial charge in [-0.05, 0) is 42.8 Å². The minimum absolute atomic E-state index is 0.601. The summed E-state index contributed by atoms with van der Waals surface area (Å²) < 4.78 is 0. The van der Waals surface area contributed by atoms with Crippen LogP contribution in [-0.4, -0.2) is 11.7 Å². The molecule has 0 aliphatic heterocycles. The van der Waals surface area contributed by atoms with Crippen molar-refractivity contribution < 1.29 is 0 Å². The fourth-order valence-electron chi connectivity index (χ4n) is 2.48. The second kappa shape index (κ2) is 2.69. The molecule has 11 heavy (non-hydrogen) atoms. The van der Waals surface area contributed by atoms with Gasteiger partial charge in [0.25, 0.3) is 0 Å². The first kappa shape index (κ1) is 7.45. The highest BCUT2D eigenvalue weighted by Crippen LogP contribution is 2.61. The van der Waals surface area contributed by atoms with Crippen LogP contribution in [-0.2, 0) is 0 Å². The Balaban J connectivity index is 1.96. The molecule has 2 fully saturated rings. The summed E-state index contributed by atoms with van der Waals surface area (Å²) in [5, 5.41) is 2.48. The molecule has 0 radical (unpaired) electrons. The normalized spacial score (nSPS) is 40.5. The third kappa shape index (κ3) is 1.25. The zero-order valence-electron chi connectivity index (χ0n) is 6.68. The van der Waals surface area contributed by atoms with Crippen LogP contribution in [0, 0.1) is 11.3 Å². The van der Waals surface area contributed by atoms with Crippen LogP contribution in [0.15, 0.2) is 4.99 Å². The Morgan fingerprint density at radius 1 is 1.55 bits per heavy atom. The van der Waals surface area contributed by atoms with Crippen molar-refractivity contribution in [1.82, 2.24) is 0 Å². The van der Waals surface area contributed by atoms with Gasteiger partial charge in [0.1, 0.15) is 0 Å². The monoisotopic (exact) mass is 167 g/mol. The molecule has 0 aromatic heterocycles. The van der Waals surface area contributed by atoms with E-state index >= 15 is 0 Å². The lowest BCUT2D eigenvalue weighted by atomic mass is 9.89. The third-order valence-electron chi connectivity index (χ3n) is 3.29. The van der Waals surface area contributed by atoms with E-state index in [9.17, 15) is 0 Å². The van der Waals surface area contributed by atoms with E-state index in [2.05, 4.69) is 22.4 Å². The number of rotatable bonds is 2. The molecule has 0 spiro atoms. The van der Waals surface area contributed by atoms with E-state index in [0.29, 0.717) is 5.41 Å². The summed E-state index contributed by atoms with van der Waals surface area (Å²) in [4.78, 5) is 4.07. The summed E-state index contributed by atoms with van der Waals surface area (Å²) in [7, 11) is 0. The van der Waals surface area contributed by atoms with Crippen LogP contribution in [0.1, 0.15) is 32.1 Å². The highest BCUT2D eigenvalue weighted by molar-refractivity contribution is 7.78. The van der Waals surface area contributed by atoms with Crippen LogP contribution < -0.4 is 0 Å². The molecule has 2 aliphatic carbocycles. The molecule has 0 aromatic carbocycles. The molecule has 2 atom stereocenters. The standard InChI is InChI=1S/C9H13NS/c11-7-10-6-9-4-2-1-3-8(9)5-9/h8H,1-6H2. The highest BCUT2D eigenvalue weighted by Gasteiger charge is 2.54. The predicted molar refractivity (Wildman–Crippen MR) is 48.9 cm³/mol. The van der Waals surface area contributed by atoms with Crippen molar-refractivity contribution in [2.45, 2.75) is 32.1 Å². The van der Waals surface area contributed by atoms with E-state index in [-0.39, 0.29) is 0 Å². The molecule has 0 N–H and O–H groups in total. The molecule has 0 amide bonds. The van der Waals surface area contributed by atoms with Crippen molar-refractivity contribution in [3.05, 3.63) is 0 Å². The molecule has 2 rings (SSSR count). The predicted octanol–water partition coefficient (Wildman–Crippen LogP) is 2.67. The van der Waals surface area contributed by atoms with E-state index in [4.69, 9.17) is 0 Å². The van der Waals surface area contributed by atoms with Crippen molar-refractivity contribution in [1.29, 1.82) is 0 Å². The highest BCUT2D eigenvalue weighted by atomic mass is 32.1. The molecule has 60 valence electrons. The van der Waals surface area contributed by atoms with E-state index < -0.39 is 0 Å². The van der Waals surface area contributed by atoms with Crippen molar-refractivity contribution in [2.24, 2.45) is 16.3 Å². The van der Waals surface area contributed by atoms with Gasteiger partial charge in [0.05, 0.1) is 11.7 Å². The number of nitrogens with zero attached hydrogens (tertiary/aromatic N) is 1. The van der Waals surface area contributed by atoms with Crippen LogP contribution in [0.4, 0.5) is 0 Å². The second-order valence-corrected chi connectivity index (χ2v) is 4.10. The summed E-state index contributed by atoms with van der Waals surface area (Å²) in [6.07, 6.45) is 7.08. The number of hydrogen-bond donors (Lipinski definition) is 0. The van der Waals surface area contributed by atoms with E-state index in [1.807, 2.05) is 0 Å². The van der Waals surface area contributed by atoms with Crippen LogP contribution >= 0.6 is 12.2 Å². The summed E-state index contributed by atoms with van der Waals surface area (Å²) in [6.45, 7) is 0.959. The van der Waals surface area contributed by atoms with Gasteiger partial charge in [-0.25, -0.2) is 4.99 Å². The molecular weight excluding hydrogens is 154 g/mol. The first-order chi connectivity index (χ1) is 5.37. The largest absolute Gasteiger partial charge is 0.232 e. The number of fused-ring (bicyclic) bond motifs is 1. The minimum Gasteiger partial charge on any atom is -0.232 e. The fourth-order valence-corrected chi connectivity index (χ4v) is 2.54. The number of hydrogen-bond acceptors (Lipinski definition) is 2. The first-order valence-electron chi connectivity index (χ1n) is 4.41. The molecule has 0 heterocycles. The zero-order valence-corrected chi connectivity index (χ0v) is 7.49. The lowest BCUT2D eigenvalue weighted by Crippen LogP contribution is -2.12. The minimum atomic E-state index is 0.601. The lowest BCUT2D eigenvalue weighted by Gasteiger charge is -2.18. The second-order valence-electron chi connectivity index (χ2n) is 3.92. The van der Waals surface area contributed by atoms with Gasteiger partial charge in [-0.1, -0.05) is 12.8 Å². The molecule has 0 bridgehead atoms. The maximum absolute atomic E-state index is 4.57. The van der Waals surface area contributed by atoms with E-state index in [0.717, 1.165) is 12.5 Å². The van der Waals surface area contributed by atoms with Gasteiger partial charge in [0, 0.05) is 0 Å². The lowest BCUT2D eigenvalue weighted by molar-refractivity contribution is 0.347. The molecular formula is C9H13NS. The Morgan fingerprint density at radius 3 is 3.18 bits per heavy atom. The Morgan fingerprint density at radius 2 is 2.45 bits per heavy atom. The van der Waals surface area contributed by atoms with Gasteiger partial charge < -0.3 is 0 Å². The SMILES string of the molecule is S=C=NCC12CCCCC1C2. The smallest absolute Gasteiger partial charge is 0.0585 e. The number of isothiocyanates is 1. The average molecular weight is 167 g/mol. The summed E-state index contributed by atoms with van der Waals surface area (Å²) >= 11 is 4.57. The van der Waals surface area contributed by atoms with E-state index in [1.54, 1.807) is 0 Å². The van der Waals surface area contributed by atoms with Crippen molar-refractivity contribution in [2.75, 3.05) is 6.54 Å². The molecule has 0 saturated heterocycles. The molecule has 2 heteroatoms. The Labute approximate surface area is 72.9 Å².